The fourth-order valence-corrected chi connectivity index (χ4v) is 4.36. The van der Waals surface area contributed by atoms with Crippen molar-refractivity contribution in [2.24, 2.45) is 5.10 Å². The summed E-state index contributed by atoms with van der Waals surface area (Å²) < 4.78 is 2.01. The van der Waals surface area contributed by atoms with Gasteiger partial charge in [0, 0.05) is 5.56 Å². The highest BCUT2D eigenvalue weighted by molar-refractivity contribution is 7.99. The number of aromatic amines is 1. The predicted octanol–water partition coefficient (Wildman–Crippen LogP) is 4.65. The Hall–Kier alpha value is -4.17. The highest BCUT2D eigenvalue weighted by Crippen LogP contribution is 2.22. The van der Waals surface area contributed by atoms with Crippen molar-refractivity contribution in [2.45, 2.75) is 25.4 Å². The number of hydrogen-bond acceptors (Lipinski definition) is 5. The number of aromatic nitrogens is 3. The molecule has 0 radical (unpaired) electrons. The minimum absolute atomic E-state index is 0.115. The molecule has 0 aliphatic rings. The van der Waals surface area contributed by atoms with Crippen molar-refractivity contribution in [1.82, 2.24) is 15.6 Å². The molecule has 1 heterocycles. The number of hydrazone groups is 1. The van der Waals surface area contributed by atoms with Gasteiger partial charge in [-0.25, -0.2) is 5.43 Å². The molecule has 0 spiro atoms. The van der Waals surface area contributed by atoms with Gasteiger partial charge in [-0.2, -0.15) is 9.67 Å². The first-order valence-electron chi connectivity index (χ1n) is 11.5. The van der Waals surface area contributed by atoms with Gasteiger partial charge < -0.3 is 5.11 Å². The van der Waals surface area contributed by atoms with Crippen LogP contribution in [0.2, 0.25) is 0 Å². The summed E-state index contributed by atoms with van der Waals surface area (Å²) in [6.07, 6.45) is 3.70. The van der Waals surface area contributed by atoms with Gasteiger partial charge in [-0.1, -0.05) is 53.6 Å². The zero-order valence-corrected chi connectivity index (χ0v) is 21.0. The maximum Gasteiger partial charge on any atom is 0.342 e. The van der Waals surface area contributed by atoms with Crippen molar-refractivity contribution >= 4 is 23.9 Å². The number of thioether (sulfide) groups is 1. The van der Waals surface area contributed by atoms with Crippen LogP contribution in [0.25, 0.3) is 17.1 Å². The second-order valence-corrected chi connectivity index (χ2v) is 9.26. The van der Waals surface area contributed by atoms with Crippen LogP contribution in [-0.4, -0.2) is 33.2 Å². The van der Waals surface area contributed by atoms with E-state index in [1.54, 1.807) is 12.1 Å². The van der Waals surface area contributed by atoms with Gasteiger partial charge in [-0.3, -0.25) is 4.79 Å². The number of allylic oxidation sites excluding steroid dienone is 1. The summed E-state index contributed by atoms with van der Waals surface area (Å²) in [5, 5.41) is 22.6. The van der Waals surface area contributed by atoms with Crippen LogP contribution in [0, 0.1) is 13.8 Å². The summed E-state index contributed by atoms with van der Waals surface area (Å²) in [5.74, 6) is 0.788. The minimum Gasteiger partial charge on any atom is -0.507 e. The first-order chi connectivity index (χ1) is 17.5. The van der Waals surface area contributed by atoms with E-state index < -0.39 is 0 Å². The number of aromatic hydroxyl groups is 1. The normalized spacial score (nSPS) is 11.1. The van der Waals surface area contributed by atoms with E-state index in [2.05, 4.69) is 39.4 Å². The average molecular weight is 499 g/mol. The number of rotatable bonds is 9. The smallest absolute Gasteiger partial charge is 0.342 e. The van der Waals surface area contributed by atoms with E-state index in [0.29, 0.717) is 17.1 Å². The Bertz CT molecular complexity index is 1390. The van der Waals surface area contributed by atoms with E-state index in [-0.39, 0.29) is 17.4 Å². The number of carbonyl (C=O) groups is 1. The molecule has 0 atom stereocenters. The van der Waals surface area contributed by atoms with Crippen LogP contribution in [0.4, 0.5) is 0 Å². The fourth-order valence-electron chi connectivity index (χ4n) is 3.60. The van der Waals surface area contributed by atoms with E-state index in [0.717, 1.165) is 28.2 Å². The van der Waals surface area contributed by atoms with Gasteiger partial charge in [0.25, 0.3) is 11.7 Å². The first-order valence-corrected chi connectivity index (χ1v) is 12.5. The molecule has 3 N–H and O–H groups in total. The van der Waals surface area contributed by atoms with Gasteiger partial charge in [0.15, 0.2) is 0 Å². The Labute approximate surface area is 214 Å². The number of phenolic OH excluding ortho intramolecular Hbond substituents is 1. The lowest BCUT2D eigenvalue weighted by atomic mass is 10.1. The summed E-state index contributed by atoms with van der Waals surface area (Å²) >= 11 is 1.31. The standard InChI is InChI=1S/C28H27N5O2S/c1-4-6-21-7-5-8-23(26(21)35)17-29-30-25(34)18-36-28-32-31-27(22-13-9-19(2)10-14-22)33(28)24-15-11-20(3)12-16-24/h4-5,7-17H,1,6,18H2,2-3H3,(H2,29,30,34,35)/p+1. The van der Waals surface area contributed by atoms with Crippen molar-refractivity contribution in [3.05, 3.63) is 102 Å². The van der Waals surface area contributed by atoms with Crippen LogP contribution in [0.15, 0.2) is 89.6 Å². The third-order valence-electron chi connectivity index (χ3n) is 5.53. The molecule has 0 aliphatic carbocycles. The Morgan fingerprint density at radius 1 is 1.11 bits per heavy atom. The molecule has 1 amide bonds. The molecule has 0 unspecified atom stereocenters. The Balaban J connectivity index is 1.49. The molecule has 3 aromatic carbocycles. The third kappa shape index (κ3) is 5.90. The summed E-state index contributed by atoms with van der Waals surface area (Å²) in [5.41, 5.74) is 8.07. The van der Waals surface area contributed by atoms with Crippen LogP contribution in [-0.2, 0) is 11.2 Å². The van der Waals surface area contributed by atoms with Gasteiger partial charge in [0.2, 0.25) is 0 Å². The Morgan fingerprint density at radius 2 is 1.81 bits per heavy atom. The number of phenols is 1. The molecular formula is C28H28N5O2S+. The van der Waals surface area contributed by atoms with E-state index in [1.165, 1.54) is 23.5 Å². The summed E-state index contributed by atoms with van der Waals surface area (Å²) in [4.78, 5) is 12.5. The van der Waals surface area contributed by atoms with Crippen molar-refractivity contribution in [3.8, 4) is 22.8 Å². The lowest BCUT2D eigenvalue weighted by Crippen LogP contribution is -2.34. The molecule has 182 valence electrons. The van der Waals surface area contributed by atoms with Crippen LogP contribution >= 0.6 is 11.8 Å². The van der Waals surface area contributed by atoms with Crippen molar-refractivity contribution in [2.75, 3.05) is 5.75 Å². The van der Waals surface area contributed by atoms with Crippen molar-refractivity contribution in [1.29, 1.82) is 0 Å². The average Bonchev–Trinajstić information content (AvgIpc) is 3.30. The number of para-hydroxylation sites is 1. The molecular weight excluding hydrogens is 470 g/mol. The quantitative estimate of drug-likeness (QED) is 0.103. The highest BCUT2D eigenvalue weighted by Gasteiger charge is 2.24. The zero-order chi connectivity index (χ0) is 25.5. The lowest BCUT2D eigenvalue weighted by Gasteiger charge is -2.05. The summed E-state index contributed by atoms with van der Waals surface area (Å²) in [6.45, 7) is 7.79. The van der Waals surface area contributed by atoms with Gasteiger partial charge in [-0.15, -0.1) is 11.7 Å². The zero-order valence-electron chi connectivity index (χ0n) is 20.2. The topological polar surface area (TPSA) is 94.2 Å². The largest absolute Gasteiger partial charge is 0.507 e. The monoisotopic (exact) mass is 498 g/mol. The second kappa shape index (κ2) is 11.5. The maximum absolute atomic E-state index is 12.5. The molecule has 8 heteroatoms. The number of nitrogens with zero attached hydrogens (tertiary/aromatic N) is 3. The lowest BCUT2D eigenvalue weighted by molar-refractivity contribution is -0.625. The molecule has 7 nitrogen and oxygen atoms in total. The van der Waals surface area contributed by atoms with E-state index in [4.69, 9.17) is 0 Å². The van der Waals surface area contributed by atoms with Crippen LogP contribution in [0.1, 0.15) is 22.3 Å². The minimum atomic E-state index is -0.284. The predicted molar refractivity (Wildman–Crippen MR) is 143 cm³/mol. The molecule has 4 rings (SSSR count). The van der Waals surface area contributed by atoms with Gasteiger partial charge in [-0.05, 0) is 67.9 Å². The van der Waals surface area contributed by atoms with Gasteiger partial charge in [0.1, 0.15) is 11.4 Å². The number of aryl methyl sites for hydroxylation is 2. The van der Waals surface area contributed by atoms with E-state index in [9.17, 15) is 9.90 Å². The molecule has 0 bridgehead atoms. The number of hydrogen-bond donors (Lipinski definition) is 3. The molecule has 0 saturated carbocycles. The number of H-pyrrole nitrogens is 1. The van der Waals surface area contributed by atoms with Gasteiger partial charge in [0.05, 0.1) is 22.6 Å². The Kier molecular flexibility index (Phi) is 7.97. The Morgan fingerprint density at radius 3 is 2.50 bits per heavy atom. The van der Waals surface area contributed by atoms with Crippen molar-refractivity contribution < 1.29 is 14.5 Å². The summed E-state index contributed by atoms with van der Waals surface area (Å²) in [7, 11) is 0. The molecule has 1 aromatic heterocycles. The number of carbonyl (C=O) groups excluding carboxylic acids is 1. The highest BCUT2D eigenvalue weighted by atomic mass is 32.2. The van der Waals surface area contributed by atoms with Crippen LogP contribution in [0.5, 0.6) is 5.75 Å². The number of nitrogens with one attached hydrogen (secondary N) is 2. The maximum atomic E-state index is 12.5. The number of amides is 1. The van der Waals surface area contributed by atoms with Gasteiger partial charge >= 0.3 is 5.16 Å². The number of benzene rings is 3. The SMILES string of the molecule is C=CCc1cccc(C=NNC(=O)CSc2n[nH]c(-c3ccc(C)cc3)[n+]2-c2ccc(C)cc2)c1O. The first kappa shape index (κ1) is 24.9. The van der Waals surface area contributed by atoms with Crippen LogP contribution < -0.4 is 9.99 Å². The van der Waals surface area contributed by atoms with Crippen LogP contribution in [0.3, 0.4) is 0 Å². The molecule has 0 fully saturated rings. The van der Waals surface area contributed by atoms with E-state index in [1.807, 2.05) is 66.9 Å². The molecule has 4 aromatic rings. The third-order valence-corrected chi connectivity index (χ3v) is 6.47. The fraction of sp³-hybridized carbons (Fsp3) is 0.143. The second-order valence-electron chi connectivity index (χ2n) is 8.32. The van der Waals surface area contributed by atoms with Crippen molar-refractivity contribution in [3.63, 3.8) is 0 Å². The molecule has 0 aliphatic heterocycles. The molecule has 0 saturated heterocycles. The summed E-state index contributed by atoms with van der Waals surface area (Å²) in [6, 6.07) is 21.7. The van der Waals surface area contributed by atoms with E-state index >= 15 is 0 Å². The molecule has 36 heavy (non-hydrogen) atoms.